The van der Waals surface area contributed by atoms with Crippen LogP contribution in [0.15, 0.2) is 0 Å². The van der Waals surface area contributed by atoms with Gasteiger partial charge in [0, 0.05) is 11.8 Å². The minimum absolute atomic E-state index is 0.0440. The van der Waals surface area contributed by atoms with E-state index in [-0.39, 0.29) is 17.7 Å². The number of fused-ring (bicyclic) bond motifs is 1. The van der Waals surface area contributed by atoms with Crippen LogP contribution in [0, 0.1) is 17.3 Å². The summed E-state index contributed by atoms with van der Waals surface area (Å²) in [5.41, 5.74) is -1.54. The van der Waals surface area contributed by atoms with Crippen LogP contribution in [0.4, 0.5) is 0 Å². The molecule has 0 aromatic carbocycles. The number of aliphatic carboxylic acids is 1. The lowest BCUT2D eigenvalue weighted by Crippen LogP contribution is -2.61. The van der Waals surface area contributed by atoms with Crippen molar-refractivity contribution >= 4 is 11.9 Å². The average molecular weight is 225 g/mol. The minimum atomic E-state index is -1.08. The molecule has 16 heavy (non-hydrogen) atoms. The Hall–Kier alpha value is -1.06. The van der Waals surface area contributed by atoms with Crippen LogP contribution in [-0.4, -0.2) is 22.5 Å². The second-order valence-corrected chi connectivity index (χ2v) is 6.00. The molecule has 0 bridgehead atoms. The Bertz CT molecular complexity index is 345. The molecule has 1 saturated heterocycles. The molecule has 1 heterocycles. The van der Waals surface area contributed by atoms with E-state index in [9.17, 15) is 14.7 Å². The van der Waals surface area contributed by atoms with Crippen LogP contribution in [0.2, 0.25) is 0 Å². The highest BCUT2D eigenvalue weighted by Crippen LogP contribution is 2.51. The first-order valence-electron chi connectivity index (χ1n) is 5.86. The minimum Gasteiger partial charge on any atom is -0.479 e. The van der Waals surface area contributed by atoms with Gasteiger partial charge in [0.05, 0.1) is 0 Å². The number of rotatable bonds is 1. The van der Waals surface area contributed by atoms with Gasteiger partial charge in [0.1, 0.15) is 5.54 Å². The molecule has 2 fully saturated rings. The van der Waals surface area contributed by atoms with Crippen LogP contribution in [0.5, 0.6) is 0 Å². The van der Waals surface area contributed by atoms with Crippen LogP contribution in [0.25, 0.3) is 0 Å². The molecule has 0 radical (unpaired) electrons. The van der Waals surface area contributed by atoms with Crippen LogP contribution in [0.1, 0.15) is 40.0 Å². The van der Waals surface area contributed by atoms with Gasteiger partial charge in [-0.25, -0.2) is 4.79 Å². The number of carbonyl (C=O) groups is 2. The molecule has 2 aliphatic rings. The molecule has 1 saturated carbocycles. The van der Waals surface area contributed by atoms with Gasteiger partial charge in [-0.3, -0.25) is 4.79 Å². The third kappa shape index (κ3) is 1.22. The average Bonchev–Trinajstić information content (AvgIpc) is 2.66. The van der Waals surface area contributed by atoms with E-state index in [1.54, 1.807) is 0 Å². The Morgan fingerprint density at radius 3 is 2.56 bits per heavy atom. The number of carbonyl (C=O) groups excluding carboxylic acids is 1. The topological polar surface area (TPSA) is 66.4 Å². The summed E-state index contributed by atoms with van der Waals surface area (Å²) in [5, 5.41) is 12.3. The quantitative estimate of drug-likeness (QED) is 0.709. The van der Waals surface area contributed by atoms with E-state index < -0.39 is 16.9 Å². The molecule has 1 amide bonds. The van der Waals surface area contributed by atoms with Crippen molar-refractivity contribution in [2.45, 2.75) is 45.6 Å². The van der Waals surface area contributed by atoms with Crippen LogP contribution in [-0.2, 0) is 9.59 Å². The summed E-state index contributed by atoms with van der Waals surface area (Å²) in [7, 11) is 0. The van der Waals surface area contributed by atoms with Gasteiger partial charge in [0.25, 0.3) is 0 Å². The number of amides is 1. The largest absolute Gasteiger partial charge is 0.479 e. The van der Waals surface area contributed by atoms with Crippen molar-refractivity contribution in [3.63, 3.8) is 0 Å². The summed E-state index contributed by atoms with van der Waals surface area (Å²) in [4.78, 5) is 23.5. The highest BCUT2D eigenvalue weighted by atomic mass is 16.4. The first kappa shape index (κ1) is 11.4. The second-order valence-electron chi connectivity index (χ2n) is 6.00. The maximum Gasteiger partial charge on any atom is 0.330 e. The zero-order chi connectivity index (χ0) is 12.1. The molecule has 1 aliphatic carbocycles. The highest BCUT2D eigenvalue weighted by molar-refractivity contribution is 5.94. The summed E-state index contributed by atoms with van der Waals surface area (Å²) in [5.74, 6) is -1.09. The predicted molar refractivity (Wildman–Crippen MR) is 58.8 cm³/mol. The maximum atomic E-state index is 11.8. The first-order valence-corrected chi connectivity index (χ1v) is 5.86. The Balaban J connectivity index is 2.49. The fourth-order valence-electron chi connectivity index (χ4n) is 3.45. The van der Waals surface area contributed by atoms with E-state index in [0.29, 0.717) is 0 Å². The third-order valence-electron chi connectivity index (χ3n) is 4.25. The summed E-state index contributed by atoms with van der Waals surface area (Å²) >= 11 is 0. The molecular weight excluding hydrogens is 206 g/mol. The van der Waals surface area contributed by atoms with Gasteiger partial charge in [-0.15, -0.1) is 0 Å². The van der Waals surface area contributed by atoms with Crippen molar-refractivity contribution < 1.29 is 14.7 Å². The normalized spacial score (nSPS) is 38.3. The molecule has 2 N–H and O–H groups in total. The van der Waals surface area contributed by atoms with Gasteiger partial charge in [0.15, 0.2) is 0 Å². The van der Waals surface area contributed by atoms with Crippen molar-refractivity contribution in [1.82, 2.24) is 5.32 Å². The maximum absolute atomic E-state index is 11.8. The smallest absolute Gasteiger partial charge is 0.330 e. The third-order valence-corrected chi connectivity index (χ3v) is 4.25. The fraction of sp³-hybridized carbons (Fsp3) is 0.833. The Kier molecular flexibility index (Phi) is 2.30. The summed E-state index contributed by atoms with van der Waals surface area (Å²) in [6.07, 6.45) is 2.64. The molecule has 0 aromatic rings. The molecule has 0 spiro atoms. The van der Waals surface area contributed by atoms with Crippen LogP contribution >= 0.6 is 0 Å². The Morgan fingerprint density at radius 1 is 1.44 bits per heavy atom. The Labute approximate surface area is 95.4 Å². The summed E-state index contributed by atoms with van der Waals surface area (Å²) in [6, 6.07) is 0. The fourth-order valence-corrected chi connectivity index (χ4v) is 3.45. The lowest BCUT2D eigenvalue weighted by atomic mass is 9.66. The van der Waals surface area contributed by atoms with Gasteiger partial charge < -0.3 is 10.4 Å². The molecule has 0 aromatic heterocycles. The lowest BCUT2D eigenvalue weighted by Gasteiger charge is -2.41. The first-order chi connectivity index (χ1) is 7.30. The molecule has 4 heteroatoms. The zero-order valence-electron chi connectivity index (χ0n) is 10.0. The van der Waals surface area contributed by atoms with Crippen molar-refractivity contribution in [3.05, 3.63) is 0 Å². The van der Waals surface area contributed by atoms with Gasteiger partial charge in [-0.2, -0.15) is 0 Å². The molecule has 0 unspecified atom stereocenters. The second kappa shape index (κ2) is 3.22. The molecule has 90 valence electrons. The lowest BCUT2D eigenvalue weighted by molar-refractivity contribution is -0.153. The van der Waals surface area contributed by atoms with Crippen LogP contribution in [0.3, 0.4) is 0 Å². The number of nitrogens with one attached hydrogen (secondary N) is 1. The summed E-state index contributed by atoms with van der Waals surface area (Å²) in [6.45, 7) is 5.67. The Morgan fingerprint density at radius 2 is 2.06 bits per heavy atom. The SMILES string of the molecule is CC(C)(C)[C@@]1(C(=O)O)NC(=O)[C@@H]2CCC[C@@H]21. The van der Waals surface area contributed by atoms with E-state index in [2.05, 4.69) is 5.32 Å². The van der Waals surface area contributed by atoms with Crippen molar-refractivity contribution in [1.29, 1.82) is 0 Å². The highest BCUT2D eigenvalue weighted by Gasteiger charge is 2.64. The van der Waals surface area contributed by atoms with Gasteiger partial charge in [0.2, 0.25) is 5.91 Å². The van der Waals surface area contributed by atoms with Gasteiger partial charge in [-0.05, 0) is 18.3 Å². The summed E-state index contributed by atoms with van der Waals surface area (Å²) < 4.78 is 0. The van der Waals surface area contributed by atoms with Crippen molar-refractivity contribution in [2.24, 2.45) is 17.3 Å². The zero-order valence-corrected chi connectivity index (χ0v) is 10.0. The van der Waals surface area contributed by atoms with E-state index in [4.69, 9.17) is 0 Å². The number of carboxylic acid groups (broad SMARTS) is 1. The molecule has 1 aliphatic heterocycles. The number of hydrogen-bond donors (Lipinski definition) is 2. The standard InChI is InChI=1S/C12H19NO3/c1-11(2,3)12(10(15)16)8-6-4-5-7(8)9(14)13-12/h7-8H,4-6H2,1-3H3,(H,13,14)(H,15,16)/t7-,8+,12-/m1/s1. The molecule has 4 nitrogen and oxygen atoms in total. The van der Waals surface area contributed by atoms with Crippen molar-refractivity contribution in [3.8, 4) is 0 Å². The van der Waals surface area contributed by atoms with E-state index in [1.807, 2.05) is 20.8 Å². The monoisotopic (exact) mass is 225 g/mol. The van der Waals surface area contributed by atoms with E-state index in [0.717, 1.165) is 19.3 Å². The predicted octanol–water partition coefficient (Wildman–Crippen LogP) is 1.40. The van der Waals surface area contributed by atoms with E-state index in [1.165, 1.54) is 0 Å². The molecule has 3 atom stereocenters. The van der Waals surface area contributed by atoms with Gasteiger partial charge >= 0.3 is 5.97 Å². The number of hydrogen-bond acceptors (Lipinski definition) is 2. The molecular formula is C12H19NO3. The van der Waals surface area contributed by atoms with Crippen molar-refractivity contribution in [2.75, 3.05) is 0 Å². The van der Waals surface area contributed by atoms with E-state index >= 15 is 0 Å². The van der Waals surface area contributed by atoms with Crippen LogP contribution < -0.4 is 5.32 Å². The molecule has 2 rings (SSSR count). The number of carboxylic acids is 1. The van der Waals surface area contributed by atoms with Gasteiger partial charge in [-0.1, -0.05) is 27.2 Å².